The second-order valence-electron chi connectivity index (χ2n) is 5.07. The molecule has 8 heteroatoms. The van der Waals surface area contributed by atoms with E-state index in [9.17, 15) is 18.0 Å². The van der Waals surface area contributed by atoms with Crippen LogP contribution in [0.5, 0.6) is 0 Å². The Labute approximate surface area is 133 Å². The Hall–Kier alpha value is -0.890. The van der Waals surface area contributed by atoms with Gasteiger partial charge in [-0.2, -0.15) is 8.78 Å². The zero-order chi connectivity index (χ0) is 16.2. The van der Waals surface area contributed by atoms with E-state index in [-0.39, 0.29) is 21.5 Å². The van der Waals surface area contributed by atoms with Gasteiger partial charge in [-0.1, -0.05) is 11.8 Å². The molecule has 1 aromatic rings. The quantitative estimate of drug-likeness (QED) is 0.746. The lowest BCUT2D eigenvalue weighted by Gasteiger charge is -2.20. The van der Waals surface area contributed by atoms with Gasteiger partial charge < -0.3 is 10.1 Å². The van der Waals surface area contributed by atoms with Crippen LogP contribution < -0.4 is 5.32 Å². The summed E-state index contributed by atoms with van der Waals surface area (Å²) in [5.41, 5.74) is -0.435. The molecular formula is C13H15BrF3NO2S. The van der Waals surface area contributed by atoms with Crippen LogP contribution in [0.3, 0.4) is 0 Å². The molecule has 0 spiro atoms. The van der Waals surface area contributed by atoms with Gasteiger partial charge in [-0.25, -0.2) is 9.18 Å². The van der Waals surface area contributed by atoms with Crippen LogP contribution in [-0.2, 0) is 11.3 Å². The predicted molar refractivity (Wildman–Crippen MR) is 79.0 cm³/mol. The number of carbonyl (C=O) groups is 1. The van der Waals surface area contributed by atoms with E-state index in [1.807, 2.05) is 0 Å². The highest BCUT2D eigenvalue weighted by Crippen LogP contribution is 2.34. The number of amides is 1. The average molecular weight is 386 g/mol. The first-order chi connectivity index (χ1) is 9.60. The molecular weight excluding hydrogens is 371 g/mol. The molecule has 0 heterocycles. The van der Waals surface area contributed by atoms with Crippen molar-refractivity contribution in [1.82, 2.24) is 5.32 Å². The van der Waals surface area contributed by atoms with Gasteiger partial charge in [-0.15, -0.1) is 0 Å². The van der Waals surface area contributed by atoms with Crippen molar-refractivity contribution in [2.24, 2.45) is 0 Å². The van der Waals surface area contributed by atoms with E-state index in [4.69, 9.17) is 4.74 Å². The fourth-order valence-corrected chi connectivity index (χ4v) is 2.69. The first-order valence-electron chi connectivity index (χ1n) is 5.98. The number of hydrogen-bond donors (Lipinski definition) is 1. The zero-order valence-corrected chi connectivity index (χ0v) is 14.1. The summed E-state index contributed by atoms with van der Waals surface area (Å²) in [5.74, 6) is -3.22. The number of hydrogen-bond acceptors (Lipinski definition) is 3. The maximum atomic E-state index is 13.5. The fourth-order valence-electron chi connectivity index (χ4n) is 1.42. The zero-order valence-electron chi connectivity index (χ0n) is 11.7. The number of halogens is 4. The van der Waals surface area contributed by atoms with Gasteiger partial charge >= 0.3 is 6.09 Å². The van der Waals surface area contributed by atoms with E-state index in [0.29, 0.717) is 11.8 Å². The third-order valence-corrected chi connectivity index (χ3v) is 3.85. The fraction of sp³-hybridized carbons (Fsp3) is 0.462. The molecule has 0 fully saturated rings. The number of benzene rings is 1. The molecule has 0 aliphatic carbocycles. The van der Waals surface area contributed by atoms with Crippen molar-refractivity contribution >= 4 is 33.8 Å². The van der Waals surface area contributed by atoms with Crippen molar-refractivity contribution in [2.75, 3.05) is 0 Å². The van der Waals surface area contributed by atoms with Gasteiger partial charge in [0, 0.05) is 17.0 Å². The molecule has 0 bridgehead atoms. The van der Waals surface area contributed by atoms with Crippen LogP contribution in [0.15, 0.2) is 21.5 Å². The van der Waals surface area contributed by atoms with E-state index < -0.39 is 23.3 Å². The molecule has 118 valence electrons. The number of alkyl halides is 2. The van der Waals surface area contributed by atoms with Crippen molar-refractivity contribution in [1.29, 1.82) is 0 Å². The standard InChI is InChI=1S/C13H15BrF3NO2S/c1-13(2,3)20-12(19)18-6-7-9(21-11(16)17)5-4-8(15)10(7)14/h4-5,11H,6H2,1-3H3,(H,18,19). The van der Waals surface area contributed by atoms with Gasteiger partial charge in [0.05, 0.1) is 4.47 Å². The first-order valence-corrected chi connectivity index (χ1v) is 7.66. The van der Waals surface area contributed by atoms with E-state index in [1.165, 1.54) is 6.07 Å². The van der Waals surface area contributed by atoms with Crippen molar-refractivity contribution in [3.05, 3.63) is 28.0 Å². The SMILES string of the molecule is CC(C)(C)OC(=O)NCc1c(SC(F)F)ccc(F)c1Br. The van der Waals surface area contributed by atoms with Crippen LogP contribution in [0.25, 0.3) is 0 Å². The van der Waals surface area contributed by atoms with Crippen LogP contribution in [0, 0.1) is 5.82 Å². The molecule has 0 saturated carbocycles. The number of carbonyl (C=O) groups excluding carboxylic acids is 1. The molecule has 0 aliphatic heterocycles. The van der Waals surface area contributed by atoms with E-state index >= 15 is 0 Å². The monoisotopic (exact) mass is 385 g/mol. The molecule has 1 rings (SSSR count). The lowest BCUT2D eigenvalue weighted by molar-refractivity contribution is 0.0523. The predicted octanol–water partition coefficient (Wildman–Crippen LogP) is 4.93. The summed E-state index contributed by atoms with van der Waals surface area (Å²) in [4.78, 5) is 11.8. The Morgan fingerprint density at radius 3 is 2.57 bits per heavy atom. The second kappa shape index (κ2) is 7.40. The minimum absolute atomic E-state index is 0.0456. The van der Waals surface area contributed by atoms with Crippen molar-refractivity contribution < 1.29 is 22.7 Å². The second-order valence-corrected chi connectivity index (χ2v) is 6.90. The maximum absolute atomic E-state index is 13.5. The minimum atomic E-state index is -2.64. The van der Waals surface area contributed by atoms with Gasteiger partial charge in [0.15, 0.2) is 0 Å². The van der Waals surface area contributed by atoms with Crippen molar-refractivity contribution in [2.45, 2.75) is 43.6 Å². The summed E-state index contributed by atoms with van der Waals surface area (Å²) < 4.78 is 43.6. The Morgan fingerprint density at radius 1 is 1.43 bits per heavy atom. The van der Waals surface area contributed by atoms with Gasteiger partial charge in [-0.05, 0) is 48.8 Å². The van der Waals surface area contributed by atoms with Crippen LogP contribution in [0.2, 0.25) is 0 Å². The van der Waals surface area contributed by atoms with Crippen LogP contribution in [-0.4, -0.2) is 17.5 Å². The number of rotatable bonds is 4. The summed E-state index contributed by atoms with van der Waals surface area (Å²) in [7, 11) is 0. The molecule has 1 N–H and O–H groups in total. The average Bonchev–Trinajstić information content (AvgIpc) is 2.30. The molecule has 21 heavy (non-hydrogen) atoms. The smallest absolute Gasteiger partial charge is 0.407 e. The number of nitrogens with one attached hydrogen (secondary N) is 1. The molecule has 0 unspecified atom stereocenters. The summed E-state index contributed by atoms with van der Waals surface area (Å²) in [6.07, 6.45) is -0.702. The summed E-state index contributed by atoms with van der Waals surface area (Å²) >= 11 is 3.30. The van der Waals surface area contributed by atoms with Crippen LogP contribution in [0.4, 0.5) is 18.0 Å². The van der Waals surface area contributed by atoms with E-state index in [1.54, 1.807) is 20.8 Å². The Balaban J connectivity index is 2.86. The summed E-state index contributed by atoms with van der Waals surface area (Å²) in [6, 6.07) is 2.34. The summed E-state index contributed by atoms with van der Waals surface area (Å²) in [6.45, 7) is 4.97. The summed E-state index contributed by atoms with van der Waals surface area (Å²) in [5, 5.41) is 2.42. The Morgan fingerprint density at radius 2 is 2.05 bits per heavy atom. The highest BCUT2D eigenvalue weighted by atomic mass is 79.9. The van der Waals surface area contributed by atoms with Gasteiger partial charge in [0.25, 0.3) is 5.76 Å². The Bertz CT molecular complexity index is 521. The maximum Gasteiger partial charge on any atom is 0.407 e. The third kappa shape index (κ3) is 6.17. The van der Waals surface area contributed by atoms with Crippen LogP contribution in [0.1, 0.15) is 26.3 Å². The van der Waals surface area contributed by atoms with Crippen molar-refractivity contribution in [3.8, 4) is 0 Å². The molecule has 0 saturated heterocycles. The Kier molecular flexibility index (Phi) is 6.40. The number of alkyl carbamates (subject to hydrolysis) is 1. The number of thioether (sulfide) groups is 1. The van der Waals surface area contributed by atoms with Gasteiger partial charge in [0.1, 0.15) is 11.4 Å². The molecule has 1 amide bonds. The number of ether oxygens (including phenoxy) is 1. The highest BCUT2D eigenvalue weighted by molar-refractivity contribution is 9.10. The topological polar surface area (TPSA) is 38.3 Å². The molecule has 1 aromatic carbocycles. The molecule has 3 nitrogen and oxygen atoms in total. The first kappa shape index (κ1) is 18.2. The normalized spacial score (nSPS) is 11.6. The largest absolute Gasteiger partial charge is 0.444 e. The van der Waals surface area contributed by atoms with Gasteiger partial charge in [0.2, 0.25) is 0 Å². The molecule has 0 aromatic heterocycles. The van der Waals surface area contributed by atoms with Gasteiger partial charge in [-0.3, -0.25) is 0 Å². The van der Waals surface area contributed by atoms with Crippen LogP contribution >= 0.6 is 27.7 Å². The molecule has 0 aliphatic rings. The lowest BCUT2D eigenvalue weighted by Crippen LogP contribution is -2.32. The molecule has 0 radical (unpaired) electrons. The van der Waals surface area contributed by atoms with E-state index in [0.717, 1.165) is 6.07 Å². The minimum Gasteiger partial charge on any atom is -0.444 e. The van der Waals surface area contributed by atoms with E-state index in [2.05, 4.69) is 21.2 Å². The highest BCUT2D eigenvalue weighted by Gasteiger charge is 2.19. The molecule has 0 atom stereocenters. The van der Waals surface area contributed by atoms with Crippen molar-refractivity contribution in [3.63, 3.8) is 0 Å². The third-order valence-electron chi connectivity index (χ3n) is 2.18. The lowest BCUT2D eigenvalue weighted by atomic mass is 10.2.